The second kappa shape index (κ2) is 5.05. The van der Waals surface area contributed by atoms with Crippen LogP contribution in [0.15, 0.2) is 11.1 Å². The van der Waals surface area contributed by atoms with Gasteiger partial charge in [0, 0.05) is 0 Å². The molecule has 0 aliphatic carbocycles. The number of hydrogen-bond acceptors (Lipinski definition) is 9. The summed E-state index contributed by atoms with van der Waals surface area (Å²) < 4.78 is 6.47. The second-order valence-electron chi connectivity index (χ2n) is 4.55. The smallest absolute Gasteiger partial charge is 0.278 e. The van der Waals surface area contributed by atoms with Crippen molar-refractivity contribution in [1.29, 1.82) is 0 Å². The summed E-state index contributed by atoms with van der Waals surface area (Å²) in [5.41, 5.74) is 1.21. The first-order chi connectivity index (χ1) is 10.1. The van der Waals surface area contributed by atoms with Gasteiger partial charge in [-0.25, -0.2) is 15.4 Å². The van der Waals surface area contributed by atoms with Crippen LogP contribution in [0.3, 0.4) is 0 Å². The number of nitrogens with one attached hydrogen (secondary N) is 2. The van der Waals surface area contributed by atoms with Gasteiger partial charge in [0.05, 0.1) is 12.9 Å². The Kier molecular flexibility index (Phi) is 3.35. The van der Waals surface area contributed by atoms with E-state index in [1.807, 2.05) is 0 Å². The fourth-order valence-electron chi connectivity index (χ4n) is 2.33. The molecule has 114 valence electrons. The average Bonchev–Trinajstić information content (AvgIpc) is 2.99. The van der Waals surface area contributed by atoms with Gasteiger partial charge in [-0.05, 0) is 0 Å². The Labute approximate surface area is 116 Å². The number of H-pyrrole nitrogens is 1. The Balaban J connectivity index is 2.16. The molecule has 0 saturated carbocycles. The Morgan fingerprint density at radius 1 is 1.43 bits per heavy atom. The number of aromatic nitrogens is 4. The molecule has 1 saturated heterocycles. The number of aromatic amines is 1. The lowest BCUT2D eigenvalue weighted by molar-refractivity contribution is -0.0505. The van der Waals surface area contributed by atoms with Gasteiger partial charge in [-0.1, -0.05) is 0 Å². The maximum absolute atomic E-state index is 11.7. The quantitative estimate of drug-likeness (QED) is 0.337. The molecule has 0 spiro atoms. The van der Waals surface area contributed by atoms with Gasteiger partial charge in [-0.15, -0.1) is 0 Å². The Bertz CT molecular complexity index is 714. The fraction of sp³-hybridized carbons (Fsp3) is 0.500. The highest BCUT2D eigenvalue weighted by atomic mass is 16.6. The third-order valence-electron chi connectivity index (χ3n) is 3.36. The summed E-state index contributed by atoms with van der Waals surface area (Å²) in [7, 11) is 0. The van der Waals surface area contributed by atoms with Crippen molar-refractivity contribution >= 4 is 17.1 Å². The molecule has 0 aromatic carbocycles. The van der Waals surface area contributed by atoms with E-state index in [0.717, 1.165) is 10.9 Å². The maximum atomic E-state index is 11.7. The number of aliphatic hydroxyl groups is 3. The summed E-state index contributed by atoms with van der Waals surface area (Å²) in [6.45, 7) is -0.503. The van der Waals surface area contributed by atoms with Gasteiger partial charge in [-0.3, -0.25) is 14.6 Å². The van der Waals surface area contributed by atoms with Crippen LogP contribution in [0, 0.1) is 0 Å². The molecule has 0 amide bonds. The lowest BCUT2D eigenvalue weighted by Gasteiger charge is -2.18. The molecule has 0 unspecified atom stereocenters. The molecule has 3 rings (SSSR count). The van der Waals surface area contributed by atoms with Crippen LogP contribution in [0.25, 0.3) is 11.2 Å². The van der Waals surface area contributed by atoms with Crippen LogP contribution in [-0.2, 0) is 4.74 Å². The van der Waals surface area contributed by atoms with E-state index in [4.69, 9.17) is 15.1 Å². The Hall–Kier alpha value is -2.05. The third kappa shape index (κ3) is 1.99. The van der Waals surface area contributed by atoms with E-state index in [1.54, 1.807) is 5.48 Å². The molecule has 1 fully saturated rings. The minimum absolute atomic E-state index is 0.0464. The van der Waals surface area contributed by atoms with Crippen LogP contribution in [0.4, 0.5) is 5.95 Å². The molecule has 11 nitrogen and oxygen atoms in total. The Morgan fingerprint density at radius 3 is 2.81 bits per heavy atom. The van der Waals surface area contributed by atoms with Crippen LogP contribution < -0.4 is 11.0 Å². The number of imidazole rings is 1. The third-order valence-corrected chi connectivity index (χ3v) is 3.36. The van der Waals surface area contributed by atoms with Crippen molar-refractivity contribution in [2.45, 2.75) is 24.5 Å². The van der Waals surface area contributed by atoms with E-state index in [9.17, 15) is 15.0 Å². The molecular weight excluding hydrogens is 286 g/mol. The molecule has 3 heterocycles. The van der Waals surface area contributed by atoms with Crippen LogP contribution in [-0.4, -0.2) is 65.0 Å². The van der Waals surface area contributed by atoms with E-state index in [2.05, 4.69) is 15.0 Å². The van der Waals surface area contributed by atoms with E-state index in [0.29, 0.717) is 0 Å². The second-order valence-corrected chi connectivity index (χ2v) is 4.55. The normalized spacial score (nSPS) is 29.1. The van der Waals surface area contributed by atoms with Gasteiger partial charge in [-0.2, -0.15) is 0 Å². The van der Waals surface area contributed by atoms with Crippen molar-refractivity contribution in [3.05, 3.63) is 16.7 Å². The largest absolute Gasteiger partial charge is 0.394 e. The maximum Gasteiger partial charge on any atom is 0.278 e. The average molecular weight is 299 g/mol. The standard InChI is InChI=1S/C10H13N5O6/c16-1-3-5(17)6(18)9(21-3)15-7-4(13-10(15)14-20)8(19)12-2-11-7/h2-3,5-6,9,16-18,20H,1H2,(H,13,14)(H,11,12,19)/t3-,5-,6-,9-/m1/s1. The van der Waals surface area contributed by atoms with Crippen molar-refractivity contribution in [3.8, 4) is 0 Å². The first-order valence-corrected chi connectivity index (χ1v) is 6.06. The predicted octanol–water partition coefficient (Wildman–Crippen LogP) is -2.47. The minimum atomic E-state index is -1.40. The molecule has 6 N–H and O–H groups in total. The van der Waals surface area contributed by atoms with Crippen molar-refractivity contribution in [2.24, 2.45) is 0 Å². The highest BCUT2D eigenvalue weighted by molar-refractivity contribution is 5.73. The number of aliphatic hydroxyl groups excluding tert-OH is 3. The number of ether oxygens (including phenoxy) is 1. The summed E-state index contributed by atoms with van der Waals surface area (Å²) in [6.07, 6.45) is -3.77. The van der Waals surface area contributed by atoms with Crippen LogP contribution in [0.1, 0.15) is 6.23 Å². The lowest BCUT2D eigenvalue weighted by Crippen LogP contribution is -2.33. The fourth-order valence-corrected chi connectivity index (χ4v) is 2.33. The van der Waals surface area contributed by atoms with Gasteiger partial charge in [0.15, 0.2) is 17.4 Å². The van der Waals surface area contributed by atoms with E-state index in [-0.39, 0.29) is 17.1 Å². The molecule has 0 radical (unpaired) electrons. The summed E-state index contributed by atoms with van der Waals surface area (Å²) >= 11 is 0. The van der Waals surface area contributed by atoms with Gasteiger partial charge in [0.1, 0.15) is 18.3 Å². The van der Waals surface area contributed by atoms with Gasteiger partial charge < -0.3 is 25.0 Å². The summed E-state index contributed by atoms with van der Waals surface area (Å²) in [5.74, 6) is -0.191. The van der Waals surface area contributed by atoms with Gasteiger partial charge in [0.2, 0.25) is 5.95 Å². The summed E-state index contributed by atoms with van der Waals surface area (Å²) in [6, 6.07) is 0. The zero-order chi connectivity index (χ0) is 15.1. The van der Waals surface area contributed by atoms with Crippen molar-refractivity contribution in [1.82, 2.24) is 19.5 Å². The molecular formula is C10H13N5O6. The zero-order valence-electron chi connectivity index (χ0n) is 10.5. The van der Waals surface area contributed by atoms with Crippen LogP contribution in [0.2, 0.25) is 0 Å². The molecule has 21 heavy (non-hydrogen) atoms. The molecule has 1 aliphatic heterocycles. The number of rotatable bonds is 3. The molecule has 2 aromatic heterocycles. The van der Waals surface area contributed by atoms with Crippen molar-refractivity contribution in [3.63, 3.8) is 0 Å². The van der Waals surface area contributed by atoms with Crippen LogP contribution in [0.5, 0.6) is 0 Å². The van der Waals surface area contributed by atoms with Crippen molar-refractivity contribution in [2.75, 3.05) is 12.1 Å². The van der Waals surface area contributed by atoms with Gasteiger partial charge in [0.25, 0.3) is 5.56 Å². The van der Waals surface area contributed by atoms with E-state index >= 15 is 0 Å². The number of hydrogen-bond donors (Lipinski definition) is 6. The Morgan fingerprint density at radius 2 is 2.19 bits per heavy atom. The predicted molar refractivity (Wildman–Crippen MR) is 66.6 cm³/mol. The summed E-state index contributed by atoms with van der Waals surface area (Å²) in [4.78, 5) is 21.8. The SMILES string of the molecule is O=c1[nH]cnc2c1nc(NO)n2[C@@H]1O[C@H](CO)[C@@H](O)[C@H]1O. The first kappa shape index (κ1) is 13.9. The highest BCUT2D eigenvalue weighted by Gasteiger charge is 2.45. The monoisotopic (exact) mass is 299 g/mol. The first-order valence-electron chi connectivity index (χ1n) is 6.06. The molecule has 0 bridgehead atoms. The van der Waals surface area contributed by atoms with Crippen LogP contribution >= 0.6 is 0 Å². The minimum Gasteiger partial charge on any atom is -0.394 e. The topological polar surface area (TPSA) is 166 Å². The van der Waals surface area contributed by atoms with Crippen molar-refractivity contribution < 1.29 is 25.3 Å². The summed E-state index contributed by atoms with van der Waals surface area (Å²) in [5, 5.41) is 38.0. The zero-order valence-corrected chi connectivity index (χ0v) is 10.5. The molecule has 11 heteroatoms. The lowest BCUT2D eigenvalue weighted by atomic mass is 10.1. The highest BCUT2D eigenvalue weighted by Crippen LogP contribution is 2.33. The number of nitrogens with zero attached hydrogens (tertiary/aromatic N) is 3. The molecule has 2 aromatic rings. The molecule has 4 atom stereocenters. The van der Waals surface area contributed by atoms with E-state index < -0.39 is 36.7 Å². The van der Waals surface area contributed by atoms with Gasteiger partial charge >= 0.3 is 0 Å². The molecule has 1 aliphatic rings. The number of fused-ring (bicyclic) bond motifs is 1. The van der Waals surface area contributed by atoms with E-state index in [1.165, 1.54) is 0 Å². The number of anilines is 1.